The molecule has 2 aromatic rings. The molecule has 0 bridgehead atoms. The number of benzene rings is 1. The first-order chi connectivity index (χ1) is 9.83. The Hall–Kier alpha value is -1.29. The Bertz CT molecular complexity index is 757. The van der Waals surface area contributed by atoms with Crippen LogP contribution in [0.1, 0.15) is 17.0 Å². The van der Waals surface area contributed by atoms with Crippen molar-refractivity contribution in [1.82, 2.24) is 19.5 Å². The molecule has 0 atom stereocenters. The molecule has 7 nitrogen and oxygen atoms in total. The molecule has 0 aliphatic rings. The van der Waals surface area contributed by atoms with Crippen molar-refractivity contribution < 1.29 is 8.42 Å². The van der Waals surface area contributed by atoms with Gasteiger partial charge in [0, 0.05) is 18.1 Å². The van der Waals surface area contributed by atoms with E-state index in [-0.39, 0.29) is 18.0 Å². The van der Waals surface area contributed by atoms with Gasteiger partial charge in [0.05, 0.1) is 11.4 Å². The van der Waals surface area contributed by atoms with Gasteiger partial charge in [0.25, 0.3) is 0 Å². The first-order valence-electron chi connectivity index (χ1n) is 6.16. The van der Waals surface area contributed by atoms with Gasteiger partial charge in [-0.15, -0.1) is 0 Å². The molecule has 0 saturated heterocycles. The number of nitrogens with zero attached hydrogens (tertiary/aromatic N) is 3. The van der Waals surface area contributed by atoms with Crippen LogP contribution in [0.15, 0.2) is 27.8 Å². The highest BCUT2D eigenvalue weighted by Gasteiger charge is 2.19. The predicted octanol–water partition coefficient (Wildman–Crippen LogP) is 0.823. The van der Waals surface area contributed by atoms with Crippen LogP contribution in [0.3, 0.4) is 0 Å². The van der Waals surface area contributed by atoms with Gasteiger partial charge < -0.3 is 5.73 Å². The topological polar surface area (TPSA) is 103 Å². The third-order valence-corrected chi connectivity index (χ3v) is 5.30. The summed E-state index contributed by atoms with van der Waals surface area (Å²) in [5, 5.41) is 4.03. The zero-order chi connectivity index (χ0) is 15.6. The van der Waals surface area contributed by atoms with Crippen molar-refractivity contribution >= 4 is 26.0 Å². The minimum Gasteiger partial charge on any atom is -0.326 e. The quantitative estimate of drug-likeness (QED) is 0.807. The van der Waals surface area contributed by atoms with E-state index in [2.05, 4.69) is 30.7 Å². The highest BCUT2D eigenvalue weighted by molar-refractivity contribution is 9.10. The van der Waals surface area contributed by atoms with Crippen LogP contribution in [0.25, 0.3) is 0 Å². The van der Waals surface area contributed by atoms with Crippen LogP contribution in [0, 0.1) is 6.92 Å². The maximum Gasteiger partial charge on any atom is 0.241 e. The molecule has 0 aliphatic heterocycles. The summed E-state index contributed by atoms with van der Waals surface area (Å²) in [5.41, 5.74) is 6.96. The van der Waals surface area contributed by atoms with Gasteiger partial charge in [-0.3, -0.25) is 4.68 Å². The molecule has 3 N–H and O–H groups in total. The van der Waals surface area contributed by atoms with Gasteiger partial charge in [0.15, 0.2) is 5.82 Å². The second-order valence-electron chi connectivity index (χ2n) is 4.56. The Morgan fingerprint density at radius 2 is 2.14 bits per heavy atom. The SMILES string of the molecule is Cc1c(Br)cc(CN)cc1S(=O)(=O)NCc1ncn(C)n1. The molecule has 1 heterocycles. The fourth-order valence-electron chi connectivity index (χ4n) is 1.81. The van der Waals surface area contributed by atoms with Gasteiger partial charge in [0.1, 0.15) is 6.33 Å². The number of aromatic nitrogens is 3. The molecule has 9 heteroatoms. The van der Waals surface area contributed by atoms with Gasteiger partial charge in [-0.1, -0.05) is 15.9 Å². The van der Waals surface area contributed by atoms with Crippen molar-refractivity contribution in [2.45, 2.75) is 24.9 Å². The van der Waals surface area contributed by atoms with Gasteiger partial charge in [0.2, 0.25) is 10.0 Å². The lowest BCUT2D eigenvalue weighted by Crippen LogP contribution is -2.25. The number of hydrogen-bond donors (Lipinski definition) is 2. The predicted molar refractivity (Wildman–Crippen MR) is 81.8 cm³/mol. The van der Waals surface area contributed by atoms with Crippen LogP contribution in [0.2, 0.25) is 0 Å². The molecular formula is C12H16BrN5O2S. The van der Waals surface area contributed by atoms with Crippen LogP contribution in [0.4, 0.5) is 0 Å². The van der Waals surface area contributed by atoms with E-state index < -0.39 is 10.0 Å². The van der Waals surface area contributed by atoms with E-state index in [1.165, 1.54) is 11.0 Å². The minimum atomic E-state index is -3.66. The van der Waals surface area contributed by atoms with Crippen molar-refractivity contribution in [3.05, 3.63) is 39.9 Å². The average Bonchev–Trinajstić information content (AvgIpc) is 2.85. The van der Waals surface area contributed by atoms with Crippen molar-refractivity contribution in [2.24, 2.45) is 12.8 Å². The molecule has 1 aromatic heterocycles. The smallest absolute Gasteiger partial charge is 0.241 e. The molecule has 114 valence electrons. The Balaban J connectivity index is 2.29. The molecule has 0 radical (unpaired) electrons. The molecule has 1 aromatic carbocycles. The highest BCUT2D eigenvalue weighted by atomic mass is 79.9. The van der Waals surface area contributed by atoms with E-state index in [4.69, 9.17) is 5.73 Å². The number of rotatable bonds is 5. The first kappa shape index (κ1) is 16.1. The number of hydrogen-bond acceptors (Lipinski definition) is 5. The molecule has 0 aliphatic carbocycles. The third-order valence-electron chi connectivity index (χ3n) is 2.95. The van der Waals surface area contributed by atoms with Crippen LogP contribution in [-0.4, -0.2) is 23.2 Å². The van der Waals surface area contributed by atoms with Crippen LogP contribution in [-0.2, 0) is 30.2 Å². The molecular weight excluding hydrogens is 358 g/mol. The molecule has 21 heavy (non-hydrogen) atoms. The fourth-order valence-corrected chi connectivity index (χ4v) is 3.74. The Morgan fingerprint density at radius 1 is 1.43 bits per heavy atom. The summed E-state index contributed by atoms with van der Waals surface area (Å²) in [6.45, 7) is 2.04. The van der Waals surface area contributed by atoms with Crippen molar-refractivity contribution in [2.75, 3.05) is 0 Å². The minimum absolute atomic E-state index is 0.0348. The molecule has 0 spiro atoms. The lowest BCUT2D eigenvalue weighted by molar-refractivity contribution is 0.577. The molecule has 0 amide bonds. The van der Waals surface area contributed by atoms with E-state index in [1.807, 2.05) is 6.07 Å². The third kappa shape index (κ3) is 3.67. The monoisotopic (exact) mass is 373 g/mol. The summed E-state index contributed by atoms with van der Waals surface area (Å²) in [4.78, 5) is 4.18. The molecule has 0 fully saturated rings. The van der Waals surface area contributed by atoms with Gasteiger partial charge in [-0.05, 0) is 30.2 Å². The van der Waals surface area contributed by atoms with E-state index >= 15 is 0 Å². The lowest BCUT2D eigenvalue weighted by atomic mass is 10.1. The lowest BCUT2D eigenvalue weighted by Gasteiger charge is -2.11. The zero-order valence-corrected chi connectivity index (χ0v) is 14.1. The van der Waals surface area contributed by atoms with Gasteiger partial charge in [-0.2, -0.15) is 5.10 Å². The Morgan fingerprint density at radius 3 is 2.71 bits per heavy atom. The van der Waals surface area contributed by atoms with Crippen molar-refractivity contribution in [1.29, 1.82) is 0 Å². The van der Waals surface area contributed by atoms with E-state index in [0.29, 0.717) is 15.9 Å². The normalized spacial score (nSPS) is 11.8. The largest absolute Gasteiger partial charge is 0.326 e. The Kier molecular flexibility index (Phi) is 4.77. The second-order valence-corrected chi connectivity index (χ2v) is 7.15. The summed E-state index contributed by atoms with van der Waals surface area (Å²) in [6.07, 6.45) is 1.51. The van der Waals surface area contributed by atoms with E-state index in [1.54, 1.807) is 20.0 Å². The Labute approximate surface area is 131 Å². The number of nitrogens with one attached hydrogen (secondary N) is 1. The number of aryl methyl sites for hydroxylation is 1. The van der Waals surface area contributed by atoms with E-state index in [9.17, 15) is 8.42 Å². The molecule has 2 rings (SSSR count). The maximum absolute atomic E-state index is 12.4. The van der Waals surface area contributed by atoms with Crippen LogP contribution < -0.4 is 10.5 Å². The standard InChI is InChI=1S/C12H16BrN5O2S/c1-8-10(13)3-9(5-14)4-11(8)21(19,20)16-6-12-15-7-18(2)17-12/h3-4,7,16H,5-6,14H2,1-2H3. The van der Waals surface area contributed by atoms with Gasteiger partial charge in [-0.25, -0.2) is 18.1 Å². The molecule has 0 unspecified atom stereocenters. The zero-order valence-electron chi connectivity index (χ0n) is 11.7. The number of nitrogens with two attached hydrogens (primary N) is 1. The summed E-state index contributed by atoms with van der Waals surface area (Å²) in [6, 6.07) is 3.39. The summed E-state index contributed by atoms with van der Waals surface area (Å²) in [5.74, 6) is 0.410. The number of halogens is 1. The first-order valence-corrected chi connectivity index (χ1v) is 8.44. The fraction of sp³-hybridized carbons (Fsp3) is 0.333. The van der Waals surface area contributed by atoms with Crippen molar-refractivity contribution in [3.8, 4) is 0 Å². The van der Waals surface area contributed by atoms with E-state index in [0.717, 1.165) is 5.56 Å². The van der Waals surface area contributed by atoms with Crippen LogP contribution >= 0.6 is 15.9 Å². The summed E-state index contributed by atoms with van der Waals surface area (Å²) < 4.78 is 29.6. The van der Waals surface area contributed by atoms with Crippen molar-refractivity contribution in [3.63, 3.8) is 0 Å². The summed E-state index contributed by atoms with van der Waals surface area (Å²) in [7, 11) is -1.94. The highest BCUT2D eigenvalue weighted by Crippen LogP contribution is 2.25. The number of sulfonamides is 1. The van der Waals surface area contributed by atoms with Crippen LogP contribution in [0.5, 0.6) is 0 Å². The van der Waals surface area contributed by atoms with Gasteiger partial charge >= 0.3 is 0 Å². The second kappa shape index (κ2) is 6.22. The average molecular weight is 374 g/mol. The molecule has 0 saturated carbocycles. The summed E-state index contributed by atoms with van der Waals surface area (Å²) >= 11 is 3.35. The maximum atomic E-state index is 12.4.